The van der Waals surface area contributed by atoms with Gasteiger partial charge in [0.15, 0.2) is 0 Å². The molecule has 0 radical (unpaired) electrons. The number of nitrogens with two attached hydrogens (primary N) is 1. The molecule has 0 bridgehead atoms. The predicted octanol–water partition coefficient (Wildman–Crippen LogP) is 2.47. The molecule has 20 heavy (non-hydrogen) atoms. The highest BCUT2D eigenvalue weighted by Crippen LogP contribution is 2.25. The Hall–Kier alpha value is -0.150. The van der Waals surface area contributed by atoms with Gasteiger partial charge in [-0.15, -0.1) is 0 Å². The fourth-order valence-corrected chi connectivity index (χ4v) is 3.70. The Morgan fingerprint density at radius 2 is 2.05 bits per heavy atom. The quantitative estimate of drug-likeness (QED) is 0.789. The summed E-state index contributed by atoms with van der Waals surface area (Å²) < 4.78 is 41.2. The molecule has 0 aliphatic carbocycles. The third-order valence-electron chi connectivity index (χ3n) is 2.83. The van der Waals surface area contributed by atoms with E-state index in [1.165, 1.54) is 23.9 Å². The number of sulfonamides is 1. The van der Waals surface area contributed by atoms with Crippen LogP contribution in [0, 0.1) is 5.82 Å². The highest BCUT2D eigenvalue weighted by Gasteiger charge is 2.25. The van der Waals surface area contributed by atoms with Crippen LogP contribution in [-0.4, -0.2) is 26.0 Å². The number of halogens is 2. The van der Waals surface area contributed by atoms with E-state index in [9.17, 15) is 12.8 Å². The van der Waals surface area contributed by atoms with Gasteiger partial charge in [-0.25, -0.2) is 17.5 Å². The van der Waals surface area contributed by atoms with Crippen molar-refractivity contribution in [1.82, 2.24) is 4.72 Å². The first-order chi connectivity index (χ1) is 9.13. The lowest BCUT2D eigenvalue weighted by molar-refractivity contribution is 0.544. The van der Waals surface area contributed by atoms with Gasteiger partial charge in [0.1, 0.15) is 10.7 Å². The van der Waals surface area contributed by atoms with Gasteiger partial charge in [0, 0.05) is 27.9 Å². The van der Waals surface area contributed by atoms with Crippen molar-refractivity contribution in [2.45, 2.75) is 30.0 Å². The molecule has 0 atom stereocenters. The number of rotatable bonds is 6. The minimum absolute atomic E-state index is 0.0654. The summed E-state index contributed by atoms with van der Waals surface area (Å²) in [5, 5.41) is 0. The minimum atomic E-state index is -3.91. The van der Waals surface area contributed by atoms with Crippen LogP contribution in [0.5, 0.6) is 0 Å². The molecule has 0 aliphatic heterocycles. The lowest BCUT2D eigenvalue weighted by Gasteiger charge is -2.22. The highest BCUT2D eigenvalue weighted by atomic mass is 79.9. The van der Waals surface area contributed by atoms with Crippen molar-refractivity contribution >= 4 is 37.7 Å². The van der Waals surface area contributed by atoms with Crippen LogP contribution in [-0.2, 0) is 16.6 Å². The van der Waals surface area contributed by atoms with Gasteiger partial charge in [-0.3, -0.25) is 0 Å². The number of hydrogen-bond acceptors (Lipinski definition) is 4. The summed E-state index contributed by atoms with van der Waals surface area (Å²) in [4.78, 5) is -0.385. The molecular weight excluding hydrogens is 367 g/mol. The van der Waals surface area contributed by atoms with Gasteiger partial charge in [-0.05, 0) is 32.2 Å². The molecule has 1 rings (SSSR count). The van der Waals surface area contributed by atoms with E-state index in [1.807, 2.05) is 20.1 Å². The van der Waals surface area contributed by atoms with Gasteiger partial charge >= 0.3 is 0 Å². The van der Waals surface area contributed by atoms with Gasteiger partial charge in [0.05, 0.1) is 0 Å². The average molecular weight is 385 g/mol. The maximum absolute atomic E-state index is 14.1. The summed E-state index contributed by atoms with van der Waals surface area (Å²) in [5.41, 5.74) is 5.57. The van der Waals surface area contributed by atoms with Gasteiger partial charge in [0.2, 0.25) is 10.0 Å². The molecule has 0 saturated carbocycles. The molecule has 0 spiro atoms. The SMILES string of the molecule is CSC(C)(C)CNS(=O)(=O)c1cc(Br)cc(CN)c1F. The maximum Gasteiger partial charge on any atom is 0.243 e. The molecule has 0 saturated heterocycles. The molecule has 0 fully saturated rings. The first-order valence-electron chi connectivity index (χ1n) is 5.86. The maximum atomic E-state index is 14.1. The Bertz CT molecular complexity index is 591. The van der Waals surface area contributed by atoms with Gasteiger partial charge in [-0.2, -0.15) is 11.8 Å². The number of benzene rings is 1. The van der Waals surface area contributed by atoms with Crippen LogP contribution in [0.25, 0.3) is 0 Å². The molecule has 0 unspecified atom stereocenters. The van der Waals surface area contributed by atoms with Crippen molar-refractivity contribution in [3.05, 3.63) is 28.0 Å². The molecule has 1 aromatic carbocycles. The van der Waals surface area contributed by atoms with E-state index in [2.05, 4.69) is 20.7 Å². The lowest BCUT2D eigenvalue weighted by atomic mass is 10.2. The van der Waals surface area contributed by atoms with E-state index in [1.54, 1.807) is 0 Å². The molecule has 8 heteroatoms. The normalized spacial score (nSPS) is 12.7. The largest absolute Gasteiger partial charge is 0.326 e. The zero-order valence-electron chi connectivity index (χ0n) is 11.5. The average Bonchev–Trinajstić information content (AvgIpc) is 2.39. The lowest BCUT2D eigenvalue weighted by Crippen LogP contribution is -2.36. The van der Waals surface area contributed by atoms with Crippen LogP contribution in [0.15, 0.2) is 21.5 Å². The molecule has 3 N–H and O–H groups in total. The summed E-state index contributed by atoms with van der Waals surface area (Å²) in [6.45, 7) is 3.95. The van der Waals surface area contributed by atoms with Crippen molar-refractivity contribution in [3.8, 4) is 0 Å². The second kappa shape index (κ2) is 6.74. The molecule has 0 amide bonds. The van der Waals surface area contributed by atoms with Crippen LogP contribution in [0.4, 0.5) is 4.39 Å². The van der Waals surface area contributed by atoms with Crippen LogP contribution < -0.4 is 10.5 Å². The summed E-state index contributed by atoms with van der Waals surface area (Å²) in [6.07, 6.45) is 1.89. The highest BCUT2D eigenvalue weighted by molar-refractivity contribution is 9.10. The second-order valence-corrected chi connectivity index (χ2v) is 9.03. The van der Waals surface area contributed by atoms with Crippen molar-refractivity contribution in [2.24, 2.45) is 5.73 Å². The fraction of sp³-hybridized carbons (Fsp3) is 0.500. The van der Waals surface area contributed by atoms with Gasteiger partial charge in [-0.1, -0.05) is 15.9 Å². The van der Waals surface area contributed by atoms with Crippen molar-refractivity contribution in [1.29, 1.82) is 0 Å². The van der Waals surface area contributed by atoms with Crippen molar-refractivity contribution in [3.63, 3.8) is 0 Å². The minimum Gasteiger partial charge on any atom is -0.326 e. The molecule has 0 aliphatic rings. The Morgan fingerprint density at radius 3 is 2.55 bits per heavy atom. The molecule has 0 aromatic heterocycles. The van der Waals surface area contributed by atoms with Gasteiger partial charge in [0.25, 0.3) is 0 Å². The molecule has 4 nitrogen and oxygen atoms in total. The van der Waals surface area contributed by atoms with Crippen molar-refractivity contribution < 1.29 is 12.8 Å². The summed E-state index contributed by atoms with van der Waals surface area (Å²) >= 11 is 4.69. The van der Waals surface area contributed by atoms with Crippen LogP contribution in [0.2, 0.25) is 0 Å². The van der Waals surface area contributed by atoms with Gasteiger partial charge < -0.3 is 5.73 Å². The first kappa shape index (κ1) is 17.9. The van der Waals surface area contributed by atoms with E-state index in [4.69, 9.17) is 5.73 Å². The van der Waals surface area contributed by atoms with Crippen LogP contribution in [0.3, 0.4) is 0 Å². The fourth-order valence-electron chi connectivity index (χ4n) is 1.38. The second-order valence-electron chi connectivity index (χ2n) is 4.87. The summed E-state index contributed by atoms with van der Waals surface area (Å²) in [7, 11) is -3.91. The number of thioether (sulfide) groups is 1. The van der Waals surface area contributed by atoms with E-state index in [0.29, 0.717) is 4.47 Å². The van der Waals surface area contributed by atoms with Crippen LogP contribution >= 0.6 is 27.7 Å². The molecule has 0 heterocycles. The van der Waals surface area contributed by atoms with E-state index >= 15 is 0 Å². The summed E-state index contributed by atoms with van der Waals surface area (Å²) in [5.74, 6) is -0.801. The van der Waals surface area contributed by atoms with E-state index in [-0.39, 0.29) is 28.3 Å². The Kier molecular flexibility index (Phi) is 6.03. The third kappa shape index (κ3) is 4.42. The topological polar surface area (TPSA) is 72.2 Å². The molecule has 114 valence electrons. The van der Waals surface area contributed by atoms with Crippen molar-refractivity contribution in [2.75, 3.05) is 12.8 Å². The number of hydrogen-bond donors (Lipinski definition) is 2. The zero-order chi connectivity index (χ0) is 15.6. The zero-order valence-corrected chi connectivity index (χ0v) is 14.8. The van der Waals surface area contributed by atoms with E-state index < -0.39 is 15.8 Å². The molecule has 1 aromatic rings. The Morgan fingerprint density at radius 1 is 1.45 bits per heavy atom. The Labute approximate surface area is 131 Å². The van der Waals surface area contributed by atoms with E-state index in [0.717, 1.165) is 0 Å². The summed E-state index contributed by atoms with van der Waals surface area (Å²) in [6, 6.07) is 2.71. The first-order valence-corrected chi connectivity index (χ1v) is 9.36. The Balaban J connectivity index is 3.13. The monoisotopic (exact) mass is 384 g/mol. The standard InChI is InChI=1S/C12H18BrFN2O2S2/c1-12(2,19-3)7-16-20(17,18)10-5-9(13)4-8(6-15)11(10)14/h4-5,16H,6-7,15H2,1-3H3. The molecular formula is C12H18BrFN2O2S2. The smallest absolute Gasteiger partial charge is 0.243 e. The number of nitrogens with one attached hydrogen (secondary N) is 1. The predicted molar refractivity (Wildman–Crippen MR) is 84.8 cm³/mol. The van der Waals surface area contributed by atoms with Crippen LogP contribution in [0.1, 0.15) is 19.4 Å². The third-order valence-corrected chi connectivity index (χ3v) is 5.94.